The normalized spacial score (nSPS) is 10.4. The number of nitrogens with zero attached hydrogens (tertiary/aromatic N) is 2. The van der Waals surface area contributed by atoms with Gasteiger partial charge in [-0.25, -0.2) is 0 Å². The van der Waals surface area contributed by atoms with Crippen LogP contribution in [0.1, 0.15) is 5.56 Å². The molecule has 0 saturated heterocycles. The molecule has 0 aliphatic carbocycles. The maximum absolute atomic E-state index is 12.1. The Morgan fingerprint density at radius 2 is 1.73 bits per heavy atom. The Labute approximate surface area is 179 Å². The second-order valence-electron chi connectivity index (χ2n) is 6.24. The van der Waals surface area contributed by atoms with E-state index in [0.29, 0.717) is 28.8 Å². The van der Waals surface area contributed by atoms with Gasteiger partial charge in [-0.2, -0.15) is 0 Å². The quantitative estimate of drug-likeness (QED) is 0.525. The molecule has 30 heavy (non-hydrogen) atoms. The molecule has 1 N–H and O–H groups in total. The second kappa shape index (κ2) is 10.5. The van der Waals surface area contributed by atoms with Crippen LogP contribution in [0.4, 0.5) is 0 Å². The molecule has 0 fully saturated rings. The molecule has 0 radical (unpaired) electrons. The van der Waals surface area contributed by atoms with Crippen molar-refractivity contribution in [3.8, 4) is 28.5 Å². The van der Waals surface area contributed by atoms with E-state index in [1.165, 1.54) is 11.8 Å². The van der Waals surface area contributed by atoms with Gasteiger partial charge >= 0.3 is 0 Å². The van der Waals surface area contributed by atoms with Gasteiger partial charge in [-0.3, -0.25) is 4.79 Å². The van der Waals surface area contributed by atoms with E-state index in [9.17, 15) is 4.79 Å². The van der Waals surface area contributed by atoms with Crippen LogP contribution in [0.25, 0.3) is 11.3 Å². The van der Waals surface area contributed by atoms with Crippen molar-refractivity contribution in [2.24, 2.45) is 0 Å². The molecule has 1 aromatic heterocycles. The van der Waals surface area contributed by atoms with Crippen LogP contribution in [0.15, 0.2) is 59.6 Å². The molecule has 1 heterocycles. The number of ether oxygens (including phenoxy) is 3. The third-order valence-corrected chi connectivity index (χ3v) is 5.22. The summed E-state index contributed by atoms with van der Waals surface area (Å²) >= 11 is 1.33. The van der Waals surface area contributed by atoms with Crippen LogP contribution in [0.5, 0.6) is 17.2 Å². The number of amides is 1. The molecule has 1 amide bonds. The highest BCUT2D eigenvalue weighted by Gasteiger charge is 2.10. The maximum Gasteiger partial charge on any atom is 0.230 e. The Balaban J connectivity index is 1.55. The van der Waals surface area contributed by atoms with Crippen molar-refractivity contribution in [1.82, 2.24) is 15.5 Å². The molecule has 3 rings (SSSR count). The molecule has 2 aromatic carbocycles. The Bertz CT molecular complexity index is 996. The van der Waals surface area contributed by atoms with E-state index < -0.39 is 0 Å². The first kappa shape index (κ1) is 21.4. The first-order valence-corrected chi connectivity index (χ1v) is 10.2. The minimum absolute atomic E-state index is 0.0782. The summed E-state index contributed by atoms with van der Waals surface area (Å²) in [5.74, 6) is 2.30. The van der Waals surface area contributed by atoms with Crippen molar-refractivity contribution in [2.75, 3.05) is 27.1 Å². The van der Waals surface area contributed by atoms with Gasteiger partial charge < -0.3 is 19.5 Å². The van der Waals surface area contributed by atoms with E-state index in [0.717, 1.165) is 16.9 Å². The molecule has 0 aliphatic rings. The number of hydrogen-bond donors (Lipinski definition) is 1. The van der Waals surface area contributed by atoms with Crippen LogP contribution in [0.2, 0.25) is 0 Å². The van der Waals surface area contributed by atoms with Gasteiger partial charge in [-0.05, 0) is 42.0 Å². The Kier molecular flexibility index (Phi) is 7.51. The zero-order valence-electron chi connectivity index (χ0n) is 17.0. The largest absolute Gasteiger partial charge is 0.497 e. The number of nitrogens with one attached hydrogen (secondary N) is 1. The van der Waals surface area contributed by atoms with Crippen molar-refractivity contribution in [1.29, 1.82) is 0 Å². The van der Waals surface area contributed by atoms with E-state index >= 15 is 0 Å². The number of carbonyl (C=O) groups excluding carboxylic acids is 1. The lowest BCUT2D eigenvalue weighted by atomic mass is 10.1. The summed E-state index contributed by atoms with van der Waals surface area (Å²) in [5.41, 5.74) is 2.48. The van der Waals surface area contributed by atoms with Gasteiger partial charge in [-0.1, -0.05) is 23.9 Å². The topological polar surface area (TPSA) is 82.6 Å². The fourth-order valence-corrected chi connectivity index (χ4v) is 3.37. The van der Waals surface area contributed by atoms with Crippen molar-refractivity contribution >= 4 is 17.7 Å². The number of rotatable bonds is 9. The smallest absolute Gasteiger partial charge is 0.230 e. The summed E-state index contributed by atoms with van der Waals surface area (Å²) in [7, 11) is 4.82. The molecule has 0 atom stereocenters. The maximum atomic E-state index is 12.1. The minimum Gasteiger partial charge on any atom is -0.497 e. The molecule has 0 aliphatic heterocycles. The van der Waals surface area contributed by atoms with Crippen molar-refractivity contribution in [3.63, 3.8) is 0 Å². The lowest BCUT2D eigenvalue weighted by Crippen LogP contribution is -2.24. The van der Waals surface area contributed by atoms with Gasteiger partial charge in [0.05, 0.1) is 32.8 Å². The number of carbonyl (C=O) groups is 1. The first-order chi connectivity index (χ1) is 14.6. The summed E-state index contributed by atoms with van der Waals surface area (Å²) in [4.78, 5) is 12.1. The summed E-state index contributed by atoms with van der Waals surface area (Å²) in [6, 6.07) is 16.8. The molecule has 0 spiro atoms. The molecule has 3 aromatic rings. The lowest BCUT2D eigenvalue weighted by molar-refractivity contribution is -0.118. The minimum atomic E-state index is -0.0782. The number of aromatic nitrogens is 2. The lowest BCUT2D eigenvalue weighted by Gasteiger charge is -2.10. The Hall–Kier alpha value is -3.26. The number of hydrogen-bond acceptors (Lipinski definition) is 7. The summed E-state index contributed by atoms with van der Waals surface area (Å²) in [5, 5.41) is 12.0. The predicted molar refractivity (Wildman–Crippen MR) is 116 cm³/mol. The summed E-state index contributed by atoms with van der Waals surface area (Å²) in [6.45, 7) is 0.443. The summed E-state index contributed by atoms with van der Waals surface area (Å²) < 4.78 is 15.8. The van der Waals surface area contributed by atoms with Crippen molar-refractivity contribution in [2.45, 2.75) is 11.6 Å². The summed E-state index contributed by atoms with van der Waals surface area (Å²) in [6.07, 6.45) is 0. The molecular formula is C22H23N3O4S. The second-order valence-corrected chi connectivity index (χ2v) is 7.24. The van der Waals surface area contributed by atoms with E-state index in [2.05, 4.69) is 15.5 Å². The van der Waals surface area contributed by atoms with Crippen LogP contribution in [0, 0.1) is 0 Å². The first-order valence-electron chi connectivity index (χ1n) is 9.21. The molecule has 0 bridgehead atoms. The van der Waals surface area contributed by atoms with Gasteiger partial charge in [0.2, 0.25) is 5.91 Å². The highest BCUT2D eigenvalue weighted by atomic mass is 32.2. The highest BCUT2D eigenvalue weighted by molar-refractivity contribution is 7.99. The third-order valence-electron chi connectivity index (χ3n) is 4.30. The van der Waals surface area contributed by atoms with E-state index in [-0.39, 0.29) is 11.7 Å². The SMILES string of the molecule is COc1cccc(CNC(=O)CSc2ccc(-c3ccc(OC)cc3OC)nn2)c1. The van der Waals surface area contributed by atoms with Crippen molar-refractivity contribution in [3.05, 3.63) is 60.2 Å². The molecule has 156 valence electrons. The standard InChI is InChI=1S/C22H23N3O4S/c1-27-16-6-4-5-15(11-16)13-23-21(26)14-30-22-10-9-19(24-25-22)18-8-7-17(28-2)12-20(18)29-3/h4-12H,13-14H2,1-3H3,(H,23,26). The molecule has 8 heteroatoms. The number of thioether (sulfide) groups is 1. The highest BCUT2D eigenvalue weighted by Crippen LogP contribution is 2.32. The monoisotopic (exact) mass is 425 g/mol. The number of methoxy groups -OCH3 is 3. The zero-order valence-corrected chi connectivity index (χ0v) is 17.9. The zero-order chi connectivity index (χ0) is 21.3. The van der Waals surface area contributed by atoms with Crippen LogP contribution in [0.3, 0.4) is 0 Å². The third kappa shape index (κ3) is 5.64. The number of benzene rings is 2. The average molecular weight is 426 g/mol. The van der Waals surface area contributed by atoms with Crippen molar-refractivity contribution < 1.29 is 19.0 Å². The van der Waals surface area contributed by atoms with Gasteiger partial charge in [-0.15, -0.1) is 10.2 Å². The fourth-order valence-electron chi connectivity index (χ4n) is 2.72. The van der Waals surface area contributed by atoms with E-state index in [1.807, 2.05) is 48.5 Å². The van der Waals surface area contributed by atoms with Crippen LogP contribution in [-0.4, -0.2) is 43.2 Å². The predicted octanol–water partition coefficient (Wildman–Crippen LogP) is 3.58. The Morgan fingerprint density at radius 1 is 0.933 bits per heavy atom. The van der Waals surface area contributed by atoms with Crippen LogP contribution in [-0.2, 0) is 11.3 Å². The van der Waals surface area contributed by atoms with Crippen LogP contribution < -0.4 is 19.5 Å². The molecular weight excluding hydrogens is 402 g/mol. The molecule has 0 unspecified atom stereocenters. The van der Waals surface area contributed by atoms with Crippen LogP contribution >= 0.6 is 11.8 Å². The van der Waals surface area contributed by atoms with E-state index in [1.54, 1.807) is 27.4 Å². The molecule has 0 saturated carbocycles. The van der Waals surface area contributed by atoms with Gasteiger partial charge in [0.1, 0.15) is 22.3 Å². The van der Waals surface area contributed by atoms with Gasteiger partial charge in [0, 0.05) is 18.2 Å². The average Bonchev–Trinajstić information content (AvgIpc) is 2.81. The Morgan fingerprint density at radius 3 is 2.43 bits per heavy atom. The van der Waals surface area contributed by atoms with Gasteiger partial charge in [0.25, 0.3) is 0 Å². The fraction of sp³-hybridized carbons (Fsp3) is 0.227. The van der Waals surface area contributed by atoms with E-state index in [4.69, 9.17) is 14.2 Å². The molecule has 7 nitrogen and oxygen atoms in total. The van der Waals surface area contributed by atoms with Gasteiger partial charge in [0.15, 0.2) is 0 Å².